The number of nitro benzene ring substituents is 1. The first-order valence-electron chi connectivity index (χ1n) is 9.52. The summed E-state index contributed by atoms with van der Waals surface area (Å²) in [5.41, 5.74) is 1.85. The number of aromatic nitrogens is 2. The summed E-state index contributed by atoms with van der Waals surface area (Å²) < 4.78 is 0. The summed E-state index contributed by atoms with van der Waals surface area (Å²) in [7, 11) is 0. The summed E-state index contributed by atoms with van der Waals surface area (Å²) in [6, 6.07) is 14.7. The number of nitrogens with one attached hydrogen (secondary N) is 2. The van der Waals surface area contributed by atoms with Gasteiger partial charge in [-0.25, -0.2) is 5.10 Å². The van der Waals surface area contributed by atoms with Crippen LogP contribution in [0.2, 0.25) is 0 Å². The van der Waals surface area contributed by atoms with E-state index in [1.54, 1.807) is 12.1 Å². The van der Waals surface area contributed by atoms with Crippen LogP contribution in [0.4, 0.5) is 11.4 Å². The molecule has 1 heterocycles. The number of para-hydroxylation sites is 2. The lowest BCUT2D eigenvalue weighted by atomic mass is 9.49. The predicted molar refractivity (Wildman–Crippen MR) is 107 cm³/mol. The first kappa shape index (κ1) is 16.9. The lowest BCUT2D eigenvalue weighted by Crippen LogP contribution is -2.52. The number of nitrogens with zero attached hydrogens (tertiary/aromatic N) is 2. The van der Waals surface area contributed by atoms with Crippen molar-refractivity contribution in [1.82, 2.24) is 10.2 Å². The van der Waals surface area contributed by atoms with Crippen LogP contribution < -0.4 is 10.9 Å². The van der Waals surface area contributed by atoms with E-state index in [1.165, 1.54) is 6.07 Å². The maximum absolute atomic E-state index is 12.0. The third-order valence-electron chi connectivity index (χ3n) is 6.29. The molecule has 0 aliphatic heterocycles. The summed E-state index contributed by atoms with van der Waals surface area (Å²) in [5, 5.41) is 23.1. The number of anilines is 1. The molecule has 2 N–H and O–H groups in total. The molecule has 2 aromatic carbocycles. The summed E-state index contributed by atoms with van der Waals surface area (Å²) in [4.78, 5) is 22.8. The molecule has 1 spiro atoms. The topological polar surface area (TPSA) is 101 Å². The highest BCUT2D eigenvalue weighted by Gasteiger charge is 2.54. The normalized spacial score (nSPS) is 25.9. The second kappa shape index (κ2) is 6.15. The van der Waals surface area contributed by atoms with Crippen LogP contribution >= 0.6 is 0 Å². The first-order chi connectivity index (χ1) is 13.5. The average Bonchev–Trinajstić information content (AvgIpc) is 2.64. The number of H-pyrrole nitrogens is 1. The van der Waals surface area contributed by atoms with Crippen molar-refractivity contribution in [2.24, 2.45) is 5.41 Å². The molecule has 0 bridgehead atoms. The van der Waals surface area contributed by atoms with Crippen molar-refractivity contribution < 1.29 is 4.92 Å². The number of hydrogen-bond acceptors (Lipinski definition) is 5. The van der Waals surface area contributed by atoms with Crippen molar-refractivity contribution >= 4 is 22.1 Å². The summed E-state index contributed by atoms with van der Waals surface area (Å²) in [5.74, 6) is 0.355. The van der Waals surface area contributed by atoms with Crippen LogP contribution in [-0.2, 0) is 0 Å². The van der Waals surface area contributed by atoms with E-state index >= 15 is 0 Å². The molecule has 0 unspecified atom stereocenters. The molecular formula is C21H20N4O3. The van der Waals surface area contributed by atoms with Gasteiger partial charge in [-0.2, -0.15) is 5.10 Å². The molecule has 3 aromatic rings. The summed E-state index contributed by atoms with van der Waals surface area (Å²) in [6.07, 6.45) is 4.11. The SMILES string of the molecule is O=c1[nH]nc([C@H]2CC3(C[C@H](Nc4ccccc4[N+](=O)[O-])C3)C2)c2ccccc12. The molecule has 2 aliphatic rings. The van der Waals surface area contributed by atoms with Gasteiger partial charge in [-0.1, -0.05) is 30.3 Å². The van der Waals surface area contributed by atoms with Crippen molar-refractivity contribution in [3.63, 3.8) is 0 Å². The molecule has 5 rings (SSSR count). The summed E-state index contributed by atoms with van der Waals surface area (Å²) in [6.45, 7) is 0. The van der Waals surface area contributed by atoms with E-state index in [2.05, 4.69) is 15.5 Å². The van der Waals surface area contributed by atoms with Crippen LogP contribution in [0.1, 0.15) is 37.3 Å². The number of fused-ring (bicyclic) bond motifs is 1. The van der Waals surface area contributed by atoms with Crippen LogP contribution in [0.15, 0.2) is 53.3 Å². The zero-order chi connectivity index (χ0) is 19.3. The van der Waals surface area contributed by atoms with Gasteiger partial charge in [0.1, 0.15) is 5.69 Å². The largest absolute Gasteiger partial charge is 0.377 e. The quantitative estimate of drug-likeness (QED) is 0.530. The highest BCUT2D eigenvalue weighted by atomic mass is 16.6. The highest BCUT2D eigenvalue weighted by molar-refractivity contribution is 5.84. The number of hydrogen-bond donors (Lipinski definition) is 2. The molecule has 0 radical (unpaired) electrons. The maximum atomic E-state index is 12.0. The lowest BCUT2D eigenvalue weighted by molar-refractivity contribution is -0.384. The zero-order valence-corrected chi connectivity index (χ0v) is 15.2. The van der Waals surface area contributed by atoms with Gasteiger partial charge < -0.3 is 5.32 Å². The second-order valence-electron chi connectivity index (χ2n) is 8.11. The van der Waals surface area contributed by atoms with Crippen LogP contribution in [0.5, 0.6) is 0 Å². The molecular weight excluding hydrogens is 356 g/mol. The van der Waals surface area contributed by atoms with Crippen LogP contribution in [0.3, 0.4) is 0 Å². The average molecular weight is 376 g/mol. The van der Waals surface area contributed by atoms with Crippen molar-refractivity contribution in [3.05, 3.63) is 74.7 Å². The lowest BCUT2D eigenvalue weighted by Gasteiger charge is -2.58. The first-order valence-corrected chi connectivity index (χ1v) is 9.52. The van der Waals surface area contributed by atoms with E-state index in [-0.39, 0.29) is 22.2 Å². The van der Waals surface area contributed by atoms with Crippen molar-refractivity contribution in [3.8, 4) is 0 Å². The number of rotatable bonds is 4. The number of benzene rings is 2. The number of nitro groups is 1. The fourth-order valence-corrected chi connectivity index (χ4v) is 5.02. The molecule has 7 heteroatoms. The van der Waals surface area contributed by atoms with Gasteiger partial charge in [-0.15, -0.1) is 0 Å². The van der Waals surface area contributed by atoms with E-state index in [9.17, 15) is 14.9 Å². The molecule has 2 saturated carbocycles. The van der Waals surface area contributed by atoms with Gasteiger partial charge in [0, 0.05) is 23.4 Å². The minimum Gasteiger partial charge on any atom is -0.377 e. The molecule has 1 aromatic heterocycles. The van der Waals surface area contributed by atoms with E-state index in [1.807, 2.05) is 30.3 Å². The Morgan fingerprint density at radius 3 is 2.46 bits per heavy atom. The van der Waals surface area contributed by atoms with Crippen LogP contribution in [-0.4, -0.2) is 21.2 Å². The van der Waals surface area contributed by atoms with Gasteiger partial charge in [0.05, 0.1) is 16.0 Å². The van der Waals surface area contributed by atoms with Gasteiger partial charge >= 0.3 is 0 Å². The highest BCUT2D eigenvalue weighted by Crippen LogP contribution is 2.62. The van der Waals surface area contributed by atoms with E-state index < -0.39 is 0 Å². The molecule has 0 amide bonds. The predicted octanol–water partition coefficient (Wildman–Crippen LogP) is 3.97. The van der Waals surface area contributed by atoms with Crippen molar-refractivity contribution in [2.75, 3.05) is 5.32 Å². The fourth-order valence-electron chi connectivity index (χ4n) is 5.02. The Morgan fingerprint density at radius 2 is 1.71 bits per heavy atom. The van der Waals surface area contributed by atoms with E-state index in [0.717, 1.165) is 36.8 Å². The standard InChI is InChI=1S/C21H20N4O3/c26-20-16-6-2-1-5-15(16)19(23-24-20)13-9-21(10-13)11-14(12-21)22-17-7-3-4-8-18(17)25(27)28/h1-8,13-14,22H,9-12H2,(H,24,26)/t13-,14-,21?. The van der Waals surface area contributed by atoms with Crippen molar-refractivity contribution in [2.45, 2.75) is 37.6 Å². The van der Waals surface area contributed by atoms with Gasteiger partial charge in [-0.05, 0) is 43.2 Å². The smallest absolute Gasteiger partial charge is 0.292 e. The third kappa shape index (κ3) is 2.66. The fraction of sp³-hybridized carbons (Fsp3) is 0.333. The van der Waals surface area contributed by atoms with E-state index in [0.29, 0.717) is 22.4 Å². The Balaban J connectivity index is 1.27. The third-order valence-corrected chi connectivity index (χ3v) is 6.29. The molecule has 28 heavy (non-hydrogen) atoms. The number of aromatic amines is 1. The molecule has 7 nitrogen and oxygen atoms in total. The molecule has 142 valence electrons. The van der Waals surface area contributed by atoms with Gasteiger partial charge in [0.25, 0.3) is 11.2 Å². The second-order valence-corrected chi connectivity index (χ2v) is 8.11. The maximum Gasteiger partial charge on any atom is 0.292 e. The monoisotopic (exact) mass is 376 g/mol. The van der Waals surface area contributed by atoms with Gasteiger partial charge in [0.15, 0.2) is 0 Å². The zero-order valence-electron chi connectivity index (χ0n) is 15.2. The van der Waals surface area contributed by atoms with Gasteiger partial charge in [0.2, 0.25) is 0 Å². The molecule has 2 fully saturated rings. The molecule has 0 saturated heterocycles. The Kier molecular flexibility index (Phi) is 3.72. The van der Waals surface area contributed by atoms with Crippen LogP contribution in [0.25, 0.3) is 10.8 Å². The van der Waals surface area contributed by atoms with E-state index in [4.69, 9.17) is 0 Å². The Hall–Kier alpha value is -3.22. The molecule has 0 atom stereocenters. The molecule has 2 aliphatic carbocycles. The minimum atomic E-state index is -0.344. The Bertz CT molecular complexity index is 1130. The summed E-state index contributed by atoms with van der Waals surface area (Å²) >= 11 is 0. The van der Waals surface area contributed by atoms with Crippen LogP contribution in [0, 0.1) is 15.5 Å². The van der Waals surface area contributed by atoms with Gasteiger partial charge in [-0.3, -0.25) is 14.9 Å². The Labute approximate surface area is 160 Å². The minimum absolute atomic E-state index is 0.124. The Morgan fingerprint density at radius 1 is 1.04 bits per heavy atom. The van der Waals surface area contributed by atoms with Crippen molar-refractivity contribution in [1.29, 1.82) is 0 Å².